The van der Waals surface area contributed by atoms with Crippen LogP contribution in [0.4, 0.5) is 13.2 Å². The molecule has 0 saturated heterocycles. The van der Waals surface area contributed by atoms with E-state index in [1.165, 1.54) is 12.3 Å². The lowest BCUT2D eigenvalue weighted by molar-refractivity contribution is -0.275. The van der Waals surface area contributed by atoms with Crippen LogP contribution in [-0.4, -0.2) is 11.3 Å². The van der Waals surface area contributed by atoms with Crippen LogP contribution in [0.3, 0.4) is 0 Å². The average molecular weight is 323 g/mol. The Balaban J connectivity index is 3.00. The van der Waals surface area contributed by atoms with E-state index >= 15 is 0 Å². The Morgan fingerprint density at radius 1 is 1.46 bits per heavy atom. The van der Waals surface area contributed by atoms with Gasteiger partial charge in [0.05, 0.1) is 5.02 Å². The number of alkyl halides is 3. The first-order valence-corrected chi connectivity index (χ1v) is 4.41. The number of hydrogen-bond donors (Lipinski definition) is 0. The molecule has 1 aromatic heterocycles. The molecule has 0 aromatic carbocycles. The molecular formula is C6H2ClF3INO. The number of hydrogen-bond acceptors (Lipinski definition) is 2. The second-order valence-electron chi connectivity index (χ2n) is 1.96. The minimum Gasteiger partial charge on any atom is -0.401 e. The van der Waals surface area contributed by atoms with Crippen molar-refractivity contribution in [1.29, 1.82) is 0 Å². The summed E-state index contributed by atoms with van der Waals surface area (Å²) in [5.41, 5.74) is 0. The molecule has 13 heavy (non-hydrogen) atoms. The van der Waals surface area contributed by atoms with Gasteiger partial charge in [-0.15, -0.1) is 13.2 Å². The van der Waals surface area contributed by atoms with Gasteiger partial charge in [-0.2, -0.15) is 0 Å². The van der Waals surface area contributed by atoms with E-state index in [-0.39, 0.29) is 8.72 Å². The number of pyridine rings is 1. The molecule has 0 unspecified atom stereocenters. The fraction of sp³-hybridized carbons (Fsp3) is 0.167. The SMILES string of the molecule is FC(F)(F)Oc1c(Cl)ccnc1I. The van der Waals surface area contributed by atoms with Crippen LogP contribution < -0.4 is 4.74 Å². The summed E-state index contributed by atoms with van der Waals surface area (Å²) in [7, 11) is 0. The summed E-state index contributed by atoms with van der Waals surface area (Å²) in [6.07, 6.45) is -3.44. The highest BCUT2D eigenvalue weighted by molar-refractivity contribution is 14.1. The predicted molar refractivity (Wildman–Crippen MR) is 48.6 cm³/mol. The van der Waals surface area contributed by atoms with E-state index in [1.54, 1.807) is 22.6 Å². The molecule has 0 atom stereocenters. The fourth-order valence-electron chi connectivity index (χ4n) is 0.608. The largest absolute Gasteiger partial charge is 0.573 e. The molecule has 0 saturated carbocycles. The zero-order chi connectivity index (χ0) is 10.1. The molecule has 0 spiro atoms. The Hall–Kier alpha value is -0.240. The molecule has 0 radical (unpaired) electrons. The molecule has 1 rings (SSSR count). The van der Waals surface area contributed by atoms with Crippen molar-refractivity contribution in [1.82, 2.24) is 4.98 Å². The van der Waals surface area contributed by atoms with Crippen molar-refractivity contribution in [2.24, 2.45) is 0 Å². The molecule has 7 heteroatoms. The highest BCUT2D eigenvalue weighted by Crippen LogP contribution is 2.32. The quantitative estimate of drug-likeness (QED) is 0.585. The monoisotopic (exact) mass is 323 g/mol. The van der Waals surface area contributed by atoms with Crippen molar-refractivity contribution in [2.45, 2.75) is 6.36 Å². The molecule has 0 bridgehead atoms. The Bertz CT molecular complexity index is 297. The van der Waals surface area contributed by atoms with E-state index in [2.05, 4.69) is 9.72 Å². The van der Waals surface area contributed by atoms with Gasteiger partial charge in [0.25, 0.3) is 0 Å². The van der Waals surface area contributed by atoms with Gasteiger partial charge in [-0.05, 0) is 28.7 Å². The zero-order valence-corrected chi connectivity index (χ0v) is 8.81. The predicted octanol–water partition coefficient (Wildman–Crippen LogP) is 3.24. The third-order valence-corrected chi connectivity index (χ3v) is 2.10. The topological polar surface area (TPSA) is 22.1 Å². The van der Waals surface area contributed by atoms with E-state index in [0.29, 0.717) is 0 Å². The van der Waals surface area contributed by atoms with Gasteiger partial charge in [0, 0.05) is 6.20 Å². The van der Waals surface area contributed by atoms with Crippen LogP contribution in [0.25, 0.3) is 0 Å². The normalized spacial score (nSPS) is 11.5. The van der Waals surface area contributed by atoms with Crippen LogP contribution in [0.5, 0.6) is 5.75 Å². The Kier molecular flexibility index (Phi) is 3.23. The summed E-state index contributed by atoms with van der Waals surface area (Å²) in [6.45, 7) is 0. The average Bonchev–Trinajstić information content (AvgIpc) is 1.95. The summed E-state index contributed by atoms with van der Waals surface area (Å²) in [4.78, 5) is 3.60. The second kappa shape index (κ2) is 3.87. The lowest BCUT2D eigenvalue weighted by Gasteiger charge is -2.10. The summed E-state index contributed by atoms with van der Waals surface area (Å²) in [5.74, 6) is -0.461. The standard InChI is InChI=1S/C6H2ClF3INO/c7-3-1-2-12-5(11)4(3)13-6(8,9)10/h1-2H. The third-order valence-electron chi connectivity index (χ3n) is 1.03. The van der Waals surface area contributed by atoms with Crippen LogP contribution >= 0.6 is 34.2 Å². The van der Waals surface area contributed by atoms with Crippen LogP contribution in [0, 0.1) is 3.70 Å². The first kappa shape index (κ1) is 10.8. The smallest absolute Gasteiger partial charge is 0.401 e. The van der Waals surface area contributed by atoms with Gasteiger partial charge in [0.2, 0.25) is 0 Å². The van der Waals surface area contributed by atoms with Gasteiger partial charge >= 0.3 is 6.36 Å². The Morgan fingerprint density at radius 3 is 2.54 bits per heavy atom. The highest BCUT2D eigenvalue weighted by atomic mass is 127. The fourth-order valence-corrected chi connectivity index (χ4v) is 1.51. The Morgan fingerprint density at radius 2 is 2.08 bits per heavy atom. The molecule has 1 heterocycles. The number of rotatable bonds is 1. The van der Waals surface area contributed by atoms with E-state index < -0.39 is 12.1 Å². The van der Waals surface area contributed by atoms with Gasteiger partial charge < -0.3 is 4.74 Å². The summed E-state index contributed by atoms with van der Waals surface area (Å²) >= 11 is 7.07. The first-order valence-electron chi connectivity index (χ1n) is 2.96. The Labute approximate surface area is 90.2 Å². The van der Waals surface area contributed by atoms with Crippen molar-refractivity contribution in [3.8, 4) is 5.75 Å². The highest BCUT2D eigenvalue weighted by Gasteiger charge is 2.33. The minimum absolute atomic E-state index is 0.0717. The van der Waals surface area contributed by atoms with Crippen molar-refractivity contribution in [3.63, 3.8) is 0 Å². The van der Waals surface area contributed by atoms with Crippen molar-refractivity contribution < 1.29 is 17.9 Å². The van der Waals surface area contributed by atoms with Gasteiger partial charge in [0.1, 0.15) is 3.70 Å². The molecule has 0 fully saturated rings. The van der Waals surface area contributed by atoms with Crippen LogP contribution in [-0.2, 0) is 0 Å². The van der Waals surface area contributed by atoms with E-state index in [4.69, 9.17) is 11.6 Å². The minimum atomic E-state index is -4.74. The molecule has 0 aliphatic heterocycles. The third kappa shape index (κ3) is 3.18. The maximum absolute atomic E-state index is 11.8. The van der Waals surface area contributed by atoms with Crippen molar-refractivity contribution in [2.75, 3.05) is 0 Å². The van der Waals surface area contributed by atoms with Gasteiger partial charge in [-0.25, -0.2) is 4.98 Å². The molecule has 1 aromatic rings. The van der Waals surface area contributed by atoms with E-state index in [1.807, 2.05) is 0 Å². The van der Waals surface area contributed by atoms with Crippen LogP contribution in [0.2, 0.25) is 5.02 Å². The lowest BCUT2D eigenvalue weighted by atomic mass is 10.5. The maximum atomic E-state index is 11.8. The molecule has 0 aliphatic carbocycles. The van der Waals surface area contributed by atoms with Crippen molar-refractivity contribution >= 4 is 34.2 Å². The van der Waals surface area contributed by atoms with Crippen LogP contribution in [0.1, 0.15) is 0 Å². The first-order chi connectivity index (χ1) is 5.90. The number of ether oxygens (including phenoxy) is 1. The molecule has 0 N–H and O–H groups in total. The number of nitrogens with zero attached hydrogens (tertiary/aromatic N) is 1. The van der Waals surface area contributed by atoms with Gasteiger partial charge in [-0.1, -0.05) is 11.6 Å². The number of halogens is 5. The summed E-state index contributed by atoms with van der Waals surface area (Å²) in [6, 6.07) is 1.23. The maximum Gasteiger partial charge on any atom is 0.573 e. The summed E-state index contributed by atoms with van der Waals surface area (Å²) in [5, 5.41) is -0.114. The second-order valence-corrected chi connectivity index (χ2v) is 3.39. The lowest BCUT2D eigenvalue weighted by Crippen LogP contribution is -2.18. The zero-order valence-electron chi connectivity index (χ0n) is 5.90. The molecule has 2 nitrogen and oxygen atoms in total. The molecule has 0 aliphatic rings. The number of aromatic nitrogens is 1. The summed E-state index contributed by atoms with van der Waals surface area (Å²) < 4.78 is 39.1. The molecule has 72 valence electrons. The van der Waals surface area contributed by atoms with Gasteiger partial charge in [-0.3, -0.25) is 0 Å². The van der Waals surface area contributed by atoms with Gasteiger partial charge in [0.15, 0.2) is 5.75 Å². The van der Waals surface area contributed by atoms with Crippen LogP contribution in [0.15, 0.2) is 12.3 Å². The van der Waals surface area contributed by atoms with Crippen molar-refractivity contribution in [3.05, 3.63) is 21.0 Å². The molecule has 0 amide bonds. The molecular weight excluding hydrogens is 321 g/mol. The van der Waals surface area contributed by atoms with E-state index in [9.17, 15) is 13.2 Å². The van der Waals surface area contributed by atoms with E-state index in [0.717, 1.165) is 0 Å².